The normalized spacial score (nSPS) is 10.3. The first kappa shape index (κ1) is 20.3. The minimum Gasteiger partial charge on any atom is -0.506 e. The van der Waals surface area contributed by atoms with Crippen LogP contribution in [0.15, 0.2) is 60.7 Å². The van der Waals surface area contributed by atoms with E-state index >= 15 is 0 Å². The Morgan fingerprint density at radius 1 is 0.688 bits per heavy atom. The van der Waals surface area contributed by atoms with Crippen molar-refractivity contribution in [3.8, 4) is 59.2 Å². The first-order valence-electron chi connectivity index (χ1n) is 9.47. The van der Waals surface area contributed by atoms with E-state index in [1.807, 2.05) is 0 Å². The van der Waals surface area contributed by atoms with Crippen LogP contribution >= 0.6 is 0 Å². The Bertz CT molecular complexity index is 1450. The number of terminal acetylenes is 2. The molecule has 0 amide bonds. The molecule has 6 heteroatoms. The maximum atomic E-state index is 9.94. The number of fused-ring (bicyclic) bond motifs is 1. The van der Waals surface area contributed by atoms with Gasteiger partial charge in [0.2, 0.25) is 0 Å². The number of benzene rings is 4. The Balaban J connectivity index is 1.89. The van der Waals surface area contributed by atoms with E-state index in [1.165, 1.54) is 18.2 Å². The second-order valence-electron chi connectivity index (χ2n) is 6.91. The predicted octanol–water partition coefficient (Wildman–Crippen LogP) is 4.96. The van der Waals surface area contributed by atoms with Crippen molar-refractivity contribution in [2.24, 2.45) is 0 Å². The fraction of sp³-hybridized carbons (Fsp3) is 0. The summed E-state index contributed by atoms with van der Waals surface area (Å²) in [5.74, 6) is 6.57. The van der Waals surface area contributed by atoms with Gasteiger partial charge in [0.25, 0.3) is 0 Å². The number of aromatic hydroxyl groups is 2. The number of ether oxygens (including phenoxy) is 2. The molecule has 0 atom stereocenters. The number of hydrogen-bond donors (Lipinski definition) is 4. The largest absolute Gasteiger partial charge is 0.506 e. The van der Waals surface area contributed by atoms with Crippen molar-refractivity contribution >= 4 is 22.1 Å². The van der Waals surface area contributed by atoms with Crippen LogP contribution in [0.2, 0.25) is 0 Å². The van der Waals surface area contributed by atoms with Crippen LogP contribution in [0.1, 0.15) is 11.1 Å². The highest BCUT2D eigenvalue weighted by atomic mass is 16.5. The second kappa shape index (κ2) is 8.06. The summed E-state index contributed by atoms with van der Waals surface area (Å²) < 4.78 is 12.1. The Labute approximate surface area is 184 Å². The Morgan fingerprint density at radius 2 is 1.25 bits per heavy atom. The Kier molecular flexibility index (Phi) is 5.12. The predicted molar refractivity (Wildman–Crippen MR) is 125 cm³/mol. The van der Waals surface area contributed by atoms with E-state index in [0.29, 0.717) is 44.9 Å². The fourth-order valence-electron chi connectivity index (χ4n) is 3.24. The molecule has 6 N–H and O–H groups in total. The van der Waals surface area contributed by atoms with E-state index in [0.717, 1.165) is 0 Å². The third-order valence-corrected chi connectivity index (χ3v) is 4.86. The number of anilines is 2. The monoisotopic (exact) mass is 422 g/mol. The molecule has 32 heavy (non-hydrogen) atoms. The molecule has 0 saturated carbocycles. The van der Waals surface area contributed by atoms with Gasteiger partial charge in [-0.3, -0.25) is 0 Å². The molecule has 4 aromatic rings. The summed E-state index contributed by atoms with van der Waals surface area (Å²) in [6.07, 6.45) is 11.5. The zero-order chi connectivity index (χ0) is 22.8. The number of phenolic OH excluding ortho intramolecular Hbond substituents is 2. The first-order chi connectivity index (χ1) is 15.4. The Morgan fingerprint density at radius 3 is 1.81 bits per heavy atom. The summed E-state index contributed by atoms with van der Waals surface area (Å²) >= 11 is 0. The molecule has 0 bridgehead atoms. The average molecular weight is 422 g/mol. The highest BCUT2D eigenvalue weighted by molar-refractivity contribution is 5.99. The quantitative estimate of drug-likeness (QED) is 0.210. The number of hydrogen-bond acceptors (Lipinski definition) is 6. The van der Waals surface area contributed by atoms with Crippen molar-refractivity contribution in [2.45, 2.75) is 0 Å². The summed E-state index contributed by atoms with van der Waals surface area (Å²) in [6, 6.07) is 16.1. The van der Waals surface area contributed by atoms with Crippen LogP contribution in [0.25, 0.3) is 10.8 Å². The van der Waals surface area contributed by atoms with Crippen LogP contribution in [-0.2, 0) is 0 Å². The average Bonchev–Trinajstić information content (AvgIpc) is 2.79. The van der Waals surface area contributed by atoms with Crippen LogP contribution in [0.4, 0.5) is 11.4 Å². The molecular weight excluding hydrogens is 404 g/mol. The molecule has 4 rings (SSSR count). The highest BCUT2D eigenvalue weighted by Crippen LogP contribution is 2.42. The van der Waals surface area contributed by atoms with Crippen molar-refractivity contribution in [1.82, 2.24) is 0 Å². The number of phenols is 2. The van der Waals surface area contributed by atoms with Crippen LogP contribution in [0.3, 0.4) is 0 Å². The van der Waals surface area contributed by atoms with E-state index in [1.54, 1.807) is 42.5 Å². The van der Waals surface area contributed by atoms with Crippen molar-refractivity contribution in [3.05, 3.63) is 71.8 Å². The van der Waals surface area contributed by atoms with Gasteiger partial charge in [-0.1, -0.05) is 11.8 Å². The smallest absolute Gasteiger partial charge is 0.152 e. The maximum absolute atomic E-state index is 9.94. The molecule has 0 heterocycles. The van der Waals surface area contributed by atoms with E-state index in [-0.39, 0.29) is 22.9 Å². The van der Waals surface area contributed by atoms with Gasteiger partial charge in [-0.2, -0.15) is 0 Å². The lowest BCUT2D eigenvalue weighted by Crippen LogP contribution is -1.95. The summed E-state index contributed by atoms with van der Waals surface area (Å²) in [4.78, 5) is 0. The lowest BCUT2D eigenvalue weighted by Gasteiger charge is -2.16. The number of nitrogen functional groups attached to an aromatic ring is 2. The van der Waals surface area contributed by atoms with Crippen molar-refractivity contribution < 1.29 is 19.7 Å². The van der Waals surface area contributed by atoms with Crippen LogP contribution in [-0.4, -0.2) is 10.2 Å². The van der Waals surface area contributed by atoms with Gasteiger partial charge in [-0.15, -0.1) is 12.8 Å². The van der Waals surface area contributed by atoms with Gasteiger partial charge in [-0.25, -0.2) is 0 Å². The van der Waals surface area contributed by atoms with Crippen molar-refractivity contribution in [1.29, 1.82) is 0 Å². The van der Waals surface area contributed by atoms with Gasteiger partial charge >= 0.3 is 0 Å². The molecular formula is C26H18N2O4. The molecule has 4 aromatic carbocycles. The molecule has 6 nitrogen and oxygen atoms in total. The third kappa shape index (κ3) is 3.65. The molecule has 0 saturated heterocycles. The fourth-order valence-corrected chi connectivity index (χ4v) is 3.24. The van der Waals surface area contributed by atoms with Crippen LogP contribution in [0.5, 0.6) is 34.5 Å². The molecule has 156 valence electrons. The molecule has 0 aliphatic carbocycles. The van der Waals surface area contributed by atoms with Gasteiger partial charge in [0.05, 0.1) is 16.9 Å². The molecule has 0 aliphatic rings. The molecule has 0 aromatic heterocycles. The highest BCUT2D eigenvalue weighted by Gasteiger charge is 2.17. The summed E-state index contributed by atoms with van der Waals surface area (Å²) in [6.45, 7) is 0. The third-order valence-electron chi connectivity index (χ3n) is 4.86. The molecule has 0 radical (unpaired) electrons. The minimum absolute atomic E-state index is 0.0890. The van der Waals surface area contributed by atoms with Gasteiger partial charge in [0, 0.05) is 28.5 Å². The standard InChI is InChI=1S/C26H18N2O4/c1-3-15-6-12-24(31-17-7-10-20(27)22(29)13-17)19-9-5-16(4-2)26(25(15)19)32-18-8-11-21(28)23(30)14-18/h1-2,5-14,29-30H,27-28H2. The number of rotatable bonds is 4. The molecule has 0 unspecified atom stereocenters. The maximum Gasteiger partial charge on any atom is 0.152 e. The van der Waals surface area contributed by atoms with Gasteiger partial charge in [-0.05, 0) is 48.5 Å². The minimum atomic E-state index is -0.116. The van der Waals surface area contributed by atoms with E-state index < -0.39 is 0 Å². The lowest BCUT2D eigenvalue weighted by atomic mass is 9.99. The zero-order valence-corrected chi connectivity index (χ0v) is 16.8. The van der Waals surface area contributed by atoms with E-state index in [9.17, 15) is 10.2 Å². The van der Waals surface area contributed by atoms with Gasteiger partial charge < -0.3 is 31.2 Å². The summed E-state index contributed by atoms with van der Waals surface area (Å²) in [5.41, 5.74) is 12.8. The molecule has 0 fully saturated rings. The van der Waals surface area contributed by atoms with Gasteiger partial charge in [0.15, 0.2) is 5.75 Å². The van der Waals surface area contributed by atoms with Crippen molar-refractivity contribution in [3.63, 3.8) is 0 Å². The summed E-state index contributed by atoms with van der Waals surface area (Å²) in [5, 5.41) is 21.0. The zero-order valence-electron chi connectivity index (χ0n) is 16.8. The van der Waals surface area contributed by atoms with Crippen molar-refractivity contribution in [2.75, 3.05) is 11.5 Å². The van der Waals surface area contributed by atoms with Crippen LogP contribution < -0.4 is 20.9 Å². The Hall–Kier alpha value is -4.94. The van der Waals surface area contributed by atoms with Gasteiger partial charge in [0.1, 0.15) is 28.7 Å². The SMILES string of the molecule is C#Cc1ccc2c(Oc3ccc(N)c(O)c3)ccc(C#C)c2c1Oc1ccc(N)c(O)c1. The molecule has 0 spiro atoms. The second-order valence-corrected chi connectivity index (χ2v) is 6.91. The lowest BCUT2D eigenvalue weighted by molar-refractivity contribution is 0.456. The number of nitrogens with two attached hydrogens (primary N) is 2. The topological polar surface area (TPSA) is 111 Å². The molecule has 0 aliphatic heterocycles. The summed E-state index contributed by atoms with van der Waals surface area (Å²) in [7, 11) is 0. The van der Waals surface area contributed by atoms with E-state index in [4.69, 9.17) is 33.8 Å². The first-order valence-corrected chi connectivity index (χ1v) is 9.47. The van der Waals surface area contributed by atoms with Crippen LogP contribution in [0, 0.1) is 24.7 Å². The van der Waals surface area contributed by atoms with E-state index in [2.05, 4.69) is 11.8 Å².